The number of carbonyl (C=O) groups is 3. The number of likely N-dealkylation sites (N-methyl/N-ethyl adjacent to an activating group) is 2. The van der Waals surface area contributed by atoms with Crippen LogP contribution < -0.4 is 16.0 Å². The molecule has 6 atom stereocenters. The van der Waals surface area contributed by atoms with Crippen LogP contribution >= 0.6 is 11.3 Å². The Morgan fingerprint density at radius 3 is 2.18 bits per heavy atom. The highest BCUT2D eigenvalue weighted by molar-refractivity contribution is 7.09. The maximum absolute atomic E-state index is 13.9. The van der Waals surface area contributed by atoms with Crippen LogP contribution in [0.15, 0.2) is 35.7 Å². The predicted octanol–water partition coefficient (Wildman–Crippen LogP) is 2.83. The number of methoxy groups -OCH3 is 1. The van der Waals surface area contributed by atoms with Crippen molar-refractivity contribution in [3.05, 3.63) is 52.0 Å². The smallest absolute Gasteiger partial charge is 0.426 e. The highest BCUT2D eigenvalue weighted by Crippen LogP contribution is 2.30. The van der Waals surface area contributed by atoms with E-state index in [1.807, 2.05) is 71.9 Å². The monoisotopic (exact) mass is 645 g/mol. The lowest BCUT2D eigenvalue weighted by molar-refractivity contribution is -0.140. The molecule has 0 aliphatic heterocycles. The zero-order valence-corrected chi connectivity index (χ0v) is 28.9. The number of nitrogens with one attached hydrogen (secondary N) is 3. The predicted molar refractivity (Wildman–Crippen MR) is 179 cm³/mol. The van der Waals surface area contributed by atoms with Gasteiger partial charge in [0.05, 0.1) is 12.0 Å². The zero-order valence-electron chi connectivity index (χ0n) is 28.1. The van der Waals surface area contributed by atoms with Crippen LogP contribution in [0, 0.1) is 17.8 Å². The fraction of sp³-hybridized carbons (Fsp3) is 0.625. The molecule has 13 heteroatoms. The van der Waals surface area contributed by atoms with E-state index in [9.17, 15) is 24.4 Å². The number of rotatable bonds is 18. The van der Waals surface area contributed by atoms with Crippen molar-refractivity contribution in [2.45, 2.75) is 91.0 Å². The highest BCUT2D eigenvalue weighted by atomic mass is 32.1. The van der Waals surface area contributed by atoms with Gasteiger partial charge in [-0.25, -0.2) is 4.98 Å². The van der Waals surface area contributed by atoms with E-state index in [4.69, 9.17) is 4.74 Å². The van der Waals surface area contributed by atoms with Crippen molar-refractivity contribution in [1.82, 2.24) is 25.8 Å². The molecule has 0 bridgehead atoms. The molecule has 0 saturated carbocycles. The molecule has 250 valence electrons. The van der Waals surface area contributed by atoms with Crippen molar-refractivity contribution < 1.29 is 29.2 Å². The molecule has 2 unspecified atom stereocenters. The van der Waals surface area contributed by atoms with E-state index in [0.29, 0.717) is 17.8 Å². The first kappa shape index (κ1) is 38.3. The Labute approximate surface area is 272 Å². The second-order valence-electron chi connectivity index (χ2n) is 12.4. The number of carbonyl (C=O) groups excluding carboxylic acids is 3. The third-order valence-corrected chi connectivity index (χ3v) is 9.33. The molecule has 0 saturated heterocycles. The summed E-state index contributed by atoms with van der Waals surface area (Å²) in [5.74, 6) is -1.79. The van der Waals surface area contributed by atoms with Crippen molar-refractivity contribution in [2.24, 2.45) is 17.8 Å². The Morgan fingerprint density at radius 2 is 1.67 bits per heavy atom. The van der Waals surface area contributed by atoms with Gasteiger partial charge in [-0.1, -0.05) is 78.3 Å². The molecule has 2 rings (SSSR count). The van der Waals surface area contributed by atoms with Gasteiger partial charge in [-0.2, -0.15) is 0 Å². The van der Waals surface area contributed by atoms with Gasteiger partial charge in [-0.05, 0) is 36.8 Å². The maximum Gasteiger partial charge on any atom is 0.475 e. The van der Waals surface area contributed by atoms with E-state index in [1.54, 1.807) is 31.5 Å². The molecule has 0 aliphatic carbocycles. The molecule has 45 heavy (non-hydrogen) atoms. The van der Waals surface area contributed by atoms with Gasteiger partial charge in [0.1, 0.15) is 22.8 Å². The summed E-state index contributed by atoms with van der Waals surface area (Å²) in [4.78, 5) is 46.3. The molecule has 5 N–H and O–H groups in total. The molecule has 3 amide bonds. The molecule has 0 aliphatic rings. The number of amides is 3. The summed E-state index contributed by atoms with van der Waals surface area (Å²) in [5.41, 5.74) is 0.995. The Hall–Kier alpha value is -2.84. The average molecular weight is 646 g/mol. The molecule has 0 spiro atoms. The second kappa shape index (κ2) is 18.3. The number of hydrogen-bond donors (Lipinski definition) is 5. The van der Waals surface area contributed by atoms with Crippen molar-refractivity contribution in [1.29, 1.82) is 0 Å². The van der Waals surface area contributed by atoms with E-state index in [-0.39, 0.29) is 47.7 Å². The lowest BCUT2D eigenvalue weighted by atomic mass is 9.76. The number of hydrogen-bond acceptors (Lipinski definition) is 9. The van der Waals surface area contributed by atoms with Gasteiger partial charge in [0.15, 0.2) is 0 Å². The van der Waals surface area contributed by atoms with Gasteiger partial charge in [-0.3, -0.25) is 14.4 Å². The highest BCUT2D eigenvalue weighted by Gasteiger charge is 2.36. The van der Waals surface area contributed by atoms with Crippen molar-refractivity contribution in [3.8, 4) is 0 Å². The number of benzene rings is 1. The van der Waals surface area contributed by atoms with Crippen molar-refractivity contribution in [2.75, 3.05) is 21.2 Å². The standard InChI is InChI=1S/C32H52BN5O6S/c1-10-21(6)28(37-30(40)27(34-7)20(4)5)32(41)38(8)24(19(2)3)17-25(44-9)31-35-23(18-45-31)29(39)36-26(33(42)43)16-22-14-12-11-13-15-22/h11-15,18-21,24-28,34,42-43H,10,16-17H2,1-9H3,(H,36,39)(H,37,40)/t21?,24-,25?,26+,27+,28+/m1/s1. The molecular formula is C32H52BN5O6S. The summed E-state index contributed by atoms with van der Waals surface area (Å²) in [6.07, 6.45) is 0.869. The summed E-state index contributed by atoms with van der Waals surface area (Å²) in [6.45, 7) is 11.9. The Morgan fingerprint density at radius 1 is 1.02 bits per heavy atom. The fourth-order valence-corrected chi connectivity index (χ4v) is 6.24. The van der Waals surface area contributed by atoms with E-state index in [0.717, 1.165) is 5.56 Å². The van der Waals surface area contributed by atoms with Gasteiger partial charge in [0.25, 0.3) is 5.91 Å². The molecule has 0 radical (unpaired) electrons. The third-order valence-electron chi connectivity index (χ3n) is 8.40. The third kappa shape index (κ3) is 10.9. The number of aromatic nitrogens is 1. The van der Waals surface area contributed by atoms with E-state index in [2.05, 4.69) is 20.9 Å². The van der Waals surface area contributed by atoms with Gasteiger partial charge < -0.3 is 35.6 Å². The van der Waals surface area contributed by atoms with Crippen LogP contribution in [-0.4, -0.2) is 90.0 Å². The maximum atomic E-state index is 13.9. The summed E-state index contributed by atoms with van der Waals surface area (Å²) < 4.78 is 5.82. The largest absolute Gasteiger partial charge is 0.475 e. The first-order valence-corrected chi connectivity index (χ1v) is 16.6. The molecule has 0 fully saturated rings. The molecule has 1 heterocycles. The first-order valence-electron chi connectivity index (χ1n) is 15.7. The van der Waals surface area contributed by atoms with E-state index >= 15 is 0 Å². The Kier molecular flexibility index (Phi) is 15.6. The number of ether oxygens (including phenoxy) is 1. The Bertz CT molecular complexity index is 1210. The van der Waals surface area contributed by atoms with Crippen LogP contribution in [0.5, 0.6) is 0 Å². The zero-order chi connectivity index (χ0) is 33.8. The summed E-state index contributed by atoms with van der Waals surface area (Å²) in [7, 11) is 3.31. The molecule has 11 nitrogen and oxygen atoms in total. The van der Waals surface area contributed by atoms with Crippen LogP contribution in [0.3, 0.4) is 0 Å². The fourth-order valence-electron chi connectivity index (χ4n) is 5.35. The normalized spacial score (nSPS) is 15.6. The SMILES string of the molecule is CCC(C)[C@H](NC(=O)[C@@H](NC)C(C)C)C(=O)N(C)[C@H](CC(OC)c1nc(C(=O)N[C@@H](Cc2ccccc2)B(O)O)cs1)C(C)C. The van der Waals surface area contributed by atoms with Crippen LogP contribution in [-0.2, 0) is 20.7 Å². The molecule has 1 aromatic carbocycles. The number of thiazole rings is 1. The molecular weight excluding hydrogens is 593 g/mol. The van der Waals surface area contributed by atoms with E-state index < -0.39 is 37.2 Å². The van der Waals surface area contributed by atoms with Crippen molar-refractivity contribution in [3.63, 3.8) is 0 Å². The average Bonchev–Trinajstić information content (AvgIpc) is 3.50. The number of nitrogens with zero attached hydrogens (tertiary/aromatic N) is 2. The topological polar surface area (TPSA) is 153 Å². The van der Waals surface area contributed by atoms with E-state index in [1.165, 1.54) is 11.3 Å². The van der Waals surface area contributed by atoms with Crippen LogP contribution in [0.2, 0.25) is 0 Å². The van der Waals surface area contributed by atoms with Gasteiger partial charge in [0, 0.05) is 32.0 Å². The summed E-state index contributed by atoms with van der Waals surface area (Å²) >= 11 is 1.27. The minimum absolute atomic E-state index is 0.0538. The van der Waals surface area contributed by atoms with Crippen molar-refractivity contribution >= 4 is 36.2 Å². The minimum Gasteiger partial charge on any atom is -0.426 e. The lowest BCUT2D eigenvalue weighted by Gasteiger charge is -2.37. The van der Waals surface area contributed by atoms with Gasteiger partial charge in [-0.15, -0.1) is 11.3 Å². The van der Waals surface area contributed by atoms with Gasteiger partial charge >= 0.3 is 7.12 Å². The van der Waals surface area contributed by atoms with Crippen LogP contribution in [0.1, 0.15) is 81.5 Å². The first-order chi connectivity index (χ1) is 21.2. The van der Waals surface area contributed by atoms with Crippen LogP contribution in [0.4, 0.5) is 0 Å². The minimum atomic E-state index is -1.75. The van der Waals surface area contributed by atoms with Crippen LogP contribution in [0.25, 0.3) is 0 Å². The lowest BCUT2D eigenvalue weighted by Crippen LogP contribution is -2.57. The molecule has 2 aromatic rings. The summed E-state index contributed by atoms with van der Waals surface area (Å²) in [5, 5.41) is 30.7. The Balaban J connectivity index is 2.21. The molecule has 1 aromatic heterocycles. The summed E-state index contributed by atoms with van der Waals surface area (Å²) in [6, 6.07) is 7.89. The second-order valence-corrected chi connectivity index (χ2v) is 13.2. The van der Waals surface area contributed by atoms with Gasteiger partial charge in [0.2, 0.25) is 11.8 Å². The quantitative estimate of drug-likeness (QED) is 0.155.